The molecule has 7 heavy (non-hydrogen) atoms. The molecule has 0 aliphatic carbocycles. The zero-order valence-electron chi connectivity index (χ0n) is 5.10. The van der Waals surface area contributed by atoms with Crippen LogP contribution in [-0.4, -0.2) is 5.71 Å². The molecule has 0 radical (unpaired) electrons. The van der Waals surface area contributed by atoms with Gasteiger partial charge in [0.15, 0.2) is 0 Å². The van der Waals surface area contributed by atoms with Gasteiger partial charge in [-0.15, -0.1) is 0 Å². The van der Waals surface area contributed by atoms with Crippen LogP contribution in [0.15, 0.2) is 17.3 Å². The van der Waals surface area contributed by atoms with Gasteiger partial charge in [0.05, 0.1) is 0 Å². The molecule has 42 valence electrons. The van der Waals surface area contributed by atoms with Gasteiger partial charge in [-0.3, -0.25) is 4.99 Å². The molecule has 0 aliphatic rings. The van der Waals surface area contributed by atoms with Gasteiger partial charge < -0.3 is 0 Å². The van der Waals surface area contributed by atoms with Gasteiger partial charge in [-0.25, -0.2) is 0 Å². The molecule has 0 amide bonds. The Morgan fingerprint density at radius 3 is 2.29 bits per heavy atom. The maximum absolute atomic E-state index is 3.98. The van der Waals surface area contributed by atoms with E-state index in [-0.39, 0.29) is 1.43 Å². The highest BCUT2D eigenvalue weighted by Gasteiger charge is 1.66. The summed E-state index contributed by atoms with van der Waals surface area (Å²) in [4.78, 5) is 3.98. The van der Waals surface area contributed by atoms with Crippen molar-refractivity contribution in [1.29, 1.82) is 0 Å². The third-order valence-corrected chi connectivity index (χ3v) is 0.482. The van der Waals surface area contributed by atoms with E-state index in [0.717, 1.165) is 5.71 Å². The van der Waals surface area contributed by atoms with Crippen LogP contribution in [0, 0.1) is 0 Å². The van der Waals surface area contributed by atoms with Gasteiger partial charge in [-0.1, -0.05) is 6.08 Å². The van der Waals surface area contributed by atoms with E-state index in [1.807, 2.05) is 26.8 Å². The molecule has 0 aromatic rings. The average Bonchev–Trinajstić information content (AvgIpc) is 1.61. The minimum atomic E-state index is 0. The minimum Gasteiger partial charge on any atom is -0.267 e. The molecule has 0 aliphatic heterocycles. The molecule has 0 atom stereocenters. The van der Waals surface area contributed by atoms with Gasteiger partial charge in [0.2, 0.25) is 0 Å². The van der Waals surface area contributed by atoms with E-state index in [1.165, 1.54) is 0 Å². The number of hydrogen-bond acceptors (Lipinski definition) is 1. The summed E-state index contributed by atoms with van der Waals surface area (Å²) in [6.45, 7) is 5.90. The fraction of sp³-hybridized carbons (Fsp3) is 0.500. The monoisotopic (exact) mass is 99.1 g/mol. The van der Waals surface area contributed by atoms with Crippen molar-refractivity contribution >= 4 is 5.71 Å². The zero-order valence-corrected chi connectivity index (χ0v) is 5.10. The third-order valence-electron chi connectivity index (χ3n) is 0.482. The predicted molar refractivity (Wildman–Crippen MR) is 35.7 cm³/mol. The maximum atomic E-state index is 3.98. The van der Waals surface area contributed by atoms with E-state index >= 15 is 0 Å². The highest BCUT2D eigenvalue weighted by atomic mass is 14.7. The summed E-state index contributed by atoms with van der Waals surface area (Å²) in [5.41, 5.74) is 1.10. The summed E-state index contributed by atoms with van der Waals surface area (Å²) in [6.07, 6.45) is 3.70. The summed E-state index contributed by atoms with van der Waals surface area (Å²) in [7, 11) is 0. The molecule has 0 heterocycles. The molecule has 0 fully saturated rings. The van der Waals surface area contributed by atoms with Crippen LogP contribution in [0.4, 0.5) is 0 Å². The summed E-state index contributed by atoms with van der Waals surface area (Å²) in [5.74, 6) is 0. The number of allylic oxidation sites excluding steroid dienone is 1. The first-order chi connectivity index (χ1) is 3.27. The number of hydrogen-bond donors (Lipinski definition) is 0. The molecule has 0 N–H and O–H groups in total. The predicted octanol–water partition coefficient (Wildman–Crippen LogP) is 2.25. The van der Waals surface area contributed by atoms with Crippen molar-refractivity contribution in [3.8, 4) is 0 Å². The van der Waals surface area contributed by atoms with Crippen molar-refractivity contribution < 1.29 is 1.43 Å². The Kier molecular flexibility index (Phi) is 3.29. The molecule has 0 saturated heterocycles. The summed E-state index contributed by atoms with van der Waals surface area (Å²) in [6, 6.07) is 0. The Hall–Kier alpha value is -0.590. The molecule has 0 bridgehead atoms. The van der Waals surface area contributed by atoms with E-state index in [9.17, 15) is 0 Å². The normalized spacial score (nSPS) is 9.57. The van der Waals surface area contributed by atoms with Crippen molar-refractivity contribution in [3.05, 3.63) is 12.3 Å². The van der Waals surface area contributed by atoms with Crippen LogP contribution in [0.1, 0.15) is 22.2 Å². The summed E-state index contributed by atoms with van der Waals surface area (Å²) >= 11 is 0. The van der Waals surface area contributed by atoms with Crippen LogP contribution in [0.2, 0.25) is 0 Å². The second-order valence-corrected chi connectivity index (χ2v) is 1.56. The van der Waals surface area contributed by atoms with Crippen LogP contribution in [-0.2, 0) is 0 Å². The molecule has 1 nitrogen and oxygen atoms in total. The Balaban J connectivity index is 0. The molecule has 0 spiro atoms. The second-order valence-electron chi connectivity index (χ2n) is 1.56. The van der Waals surface area contributed by atoms with Crippen molar-refractivity contribution in [1.82, 2.24) is 0 Å². The van der Waals surface area contributed by atoms with Gasteiger partial charge in [0, 0.05) is 13.3 Å². The lowest BCUT2D eigenvalue weighted by atomic mass is 10.5. The van der Waals surface area contributed by atoms with Crippen molar-refractivity contribution in [2.75, 3.05) is 0 Å². The van der Waals surface area contributed by atoms with Crippen LogP contribution in [0.5, 0.6) is 0 Å². The number of rotatable bonds is 1. The van der Waals surface area contributed by atoms with Gasteiger partial charge >= 0.3 is 0 Å². The Labute approximate surface area is 46.3 Å². The fourth-order valence-electron chi connectivity index (χ4n) is 0.224. The lowest BCUT2D eigenvalue weighted by molar-refractivity contribution is 1.48. The molecule has 0 saturated carbocycles. The molecule has 1 heteroatoms. The summed E-state index contributed by atoms with van der Waals surface area (Å²) in [5, 5.41) is 0. The third kappa shape index (κ3) is 5.41. The van der Waals surface area contributed by atoms with Gasteiger partial charge in [0.1, 0.15) is 0 Å². The van der Waals surface area contributed by atoms with Crippen LogP contribution in [0.25, 0.3) is 0 Å². The lowest BCUT2D eigenvalue weighted by Gasteiger charge is -1.78. The molecule has 0 unspecified atom stereocenters. The first kappa shape index (κ1) is 6.41. The van der Waals surface area contributed by atoms with Gasteiger partial charge in [-0.05, 0) is 20.8 Å². The molecule has 0 aromatic heterocycles. The van der Waals surface area contributed by atoms with E-state index in [0.29, 0.717) is 0 Å². The molecule has 0 rings (SSSR count). The van der Waals surface area contributed by atoms with Crippen molar-refractivity contribution in [2.45, 2.75) is 20.8 Å². The smallest absolute Gasteiger partial charge is 0.0224 e. The number of aliphatic imine (C=N–C) groups is 1. The highest BCUT2D eigenvalue weighted by Crippen LogP contribution is 1.75. The SMILES string of the molecule is C/C=C\N=C(C)C.[HH]. The maximum Gasteiger partial charge on any atom is 0.0224 e. The number of nitrogens with zero attached hydrogens (tertiary/aromatic N) is 1. The van der Waals surface area contributed by atoms with Gasteiger partial charge in [0.25, 0.3) is 0 Å². The Bertz CT molecular complexity index is 90.7. The zero-order chi connectivity index (χ0) is 5.70. The quantitative estimate of drug-likeness (QED) is 0.447. The van der Waals surface area contributed by atoms with Crippen LogP contribution in [0.3, 0.4) is 0 Å². The first-order valence-electron chi connectivity index (χ1n) is 2.39. The molecular weight excluding hydrogens is 86.1 g/mol. The van der Waals surface area contributed by atoms with Crippen molar-refractivity contribution in [2.24, 2.45) is 4.99 Å². The van der Waals surface area contributed by atoms with Crippen LogP contribution >= 0.6 is 0 Å². The summed E-state index contributed by atoms with van der Waals surface area (Å²) < 4.78 is 0. The Morgan fingerprint density at radius 1 is 1.57 bits per heavy atom. The van der Waals surface area contributed by atoms with E-state index < -0.39 is 0 Å². The van der Waals surface area contributed by atoms with E-state index in [2.05, 4.69) is 4.99 Å². The van der Waals surface area contributed by atoms with E-state index in [4.69, 9.17) is 0 Å². The largest absolute Gasteiger partial charge is 0.267 e. The minimum absolute atomic E-state index is 0. The lowest BCUT2D eigenvalue weighted by Crippen LogP contribution is -1.74. The highest BCUT2D eigenvalue weighted by molar-refractivity contribution is 5.79. The first-order valence-corrected chi connectivity index (χ1v) is 2.39. The van der Waals surface area contributed by atoms with Gasteiger partial charge in [-0.2, -0.15) is 0 Å². The standard InChI is InChI=1S/C6H11N.H2/c1-4-5-7-6(2)3;/h4-5H,1-3H3;1H/b5-4-;. The molecular formula is C6H13N. The topological polar surface area (TPSA) is 12.4 Å². The molecule has 0 aromatic carbocycles. The van der Waals surface area contributed by atoms with Crippen LogP contribution < -0.4 is 0 Å². The fourth-order valence-corrected chi connectivity index (χ4v) is 0.224. The Morgan fingerprint density at radius 2 is 2.14 bits per heavy atom. The van der Waals surface area contributed by atoms with E-state index in [1.54, 1.807) is 6.20 Å². The second kappa shape index (κ2) is 3.59. The van der Waals surface area contributed by atoms with Crippen molar-refractivity contribution in [3.63, 3.8) is 0 Å². The average molecular weight is 99.2 g/mol.